The van der Waals surface area contributed by atoms with Gasteiger partial charge in [-0.1, -0.05) is 0 Å². The Morgan fingerprint density at radius 1 is 0.773 bits per heavy atom. The molecule has 0 amide bonds. The van der Waals surface area contributed by atoms with Gasteiger partial charge in [-0.25, -0.2) is 0 Å². The highest BCUT2D eigenvalue weighted by atomic mass is 19.4. The third-order valence-electron chi connectivity index (χ3n) is 2.57. The zero-order chi connectivity index (χ0) is 17.8. The van der Waals surface area contributed by atoms with Crippen LogP contribution < -0.4 is 0 Å². The highest BCUT2D eigenvalue weighted by molar-refractivity contribution is 5.19. The van der Waals surface area contributed by atoms with E-state index in [0.717, 1.165) is 6.92 Å². The van der Waals surface area contributed by atoms with Gasteiger partial charge in [0.05, 0.1) is 0 Å². The summed E-state index contributed by atoms with van der Waals surface area (Å²) >= 11 is 0. The summed E-state index contributed by atoms with van der Waals surface area (Å²) in [5, 5.41) is 4.15. The Morgan fingerprint density at radius 3 is 1.55 bits per heavy atom. The van der Waals surface area contributed by atoms with Gasteiger partial charge in [-0.15, -0.1) is 0 Å². The van der Waals surface area contributed by atoms with Crippen molar-refractivity contribution in [2.45, 2.75) is 36.8 Å². The maximum Gasteiger partial charge on any atom is 0.460 e. The van der Waals surface area contributed by atoms with Crippen molar-refractivity contribution in [2.75, 3.05) is 0 Å². The van der Waals surface area contributed by atoms with Crippen molar-refractivity contribution in [2.24, 2.45) is 0 Å². The summed E-state index contributed by atoms with van der Waals surface area (Å²) in [6, 6.07) is 0.107. The van der Waals surface area contributed by atoms with Gasteiger partial charge in [0.25, 0.3) is 0 Å². The van der Waals surface area contributed by atoms with Crippen LogP contribution in [0.5, 0.6) is 0 Å². The molecule has 22 heavy (non-hydrogen) atoms. The maximum absolute atomic E-state index is 13.3. The first kappa shape index (κ1) is 18.5. The highest BCUT2D eigenvalue weighted by Gasteiger charge is 2.87. The van der Waals surface area contributed by atoms with Crippen LogP contribution in [0.4, 0.5) is 48.3 Å². The molecule has 0 spiro atoms. The van der Waals surface area contributed by atoms with E-state index in [1.54, 1.807) is 5.10 Å². The van der Waals surface area contributed by atoms with Crippen LogP contribution in [0.15, 0.2) is 6.07 Å². The van der Waals surface area contributed by atoms with Gasteiger partial charge in [0.2, 0.25) is 0 Å². The fourth-order valence-corrected chi connectivity index (χ4v) is 1.31. The minimum atomic E-state index is -7.42. The predicted octanol–water partition coefficient (Wildman–Crippen LogP) is 4.28. The molecule has 1 aromatic rings. The lowest BCUT2D eigenvalue weighted by atomic mass is 9.96. The van der Waals surface area contributed by atoms with Gasteiger partial charge < -0.3 is 0 Å². The van der Waals surface area contributed by atoms with E-state index in [0.29, 0.717) is 0 Å². The van der Waals surface area contributed by atoms with Crippen LogP contribution in [0.25, 0.3) is 0 Å². The summed E-state index contributed by atoms with van der Waals surface area (Å²) in [5.41, 5.74) is -2.44. The van der Waals surface area contributed by atoms with E-state index in [1.807, 2.05) is 0 Å². The normalized spacial score (nSPS) is 15.3. The molecule has 0 saturated heterocycles. The Balaban J connectivity index is 3.44. The third-order valence-corrected chi connectivity index (χ3v) is 2.57. The Hall–Kier alpha value is -1.56. The summed E-state index contributed by atoms with van der Waals surface area (Å²) in [7, 11) is 0. The molecule has 0 aliphatic heterocycles. The molecule has 128 valence electrons. The van der Waals surface area contributed by atoms with Gasteiger partial charge in [0.1, 0.15) is 5.69 Å². The molecule has 0 aliphatic rings. The minimum Gasteiger partial charge on any atom is -0.282 e. The average molecular weight is 350 g/mol. The third kappa shape index (κ3) is 2.29. The van der Waals surface area contributed by atoms with Gasteiger partial charge in [0.15, 0.2) is 0 Å². The van der Waals surface area contributed by atoms with Gasteiger partial charge >= 0.3 is 29.9 Å². The van der Waals surface area contributed by atoms with Crippen molar-refractivity contribution < 1.29 is 48.3 Å². The molecular formula is C9H5F11N2. The molecule has 13 heteroatoms. The van der Waals surface area contributed by atoms with Crippen LogP contribution in [0.2, 0.25) is 0 Å². The zero-order valence-electron chi connectivity index (χ0n) is 10.2. The molecule has 1 rings (SSSR count). The van der Waals surface area contributed by atoms with Crippen LogP contribution in [-0.4, -0.2) is 34.1 Å². The lowest BCUT2D eigenvalue weighted by Crippen LogP contribution is -2.65. The summed E-state index contributed by atoms with van der Waals surface area (Å²) < 4.78 is 139. The van der Waals surface area contributed by atoms with Crippen LogP contribution in [-0.2, 0) is 5.92 Å². The van der Waals surface area contributed by atoms with Crippen molar-refractivity contribution in [3.05, 3.63) is 17.5 Å². The largest absolute Gasteiger partial charge is 0.460 e. The van der Waals surface area contributed by atoms with Crippen LogP contribution in [0.1, 0.15) is 11.4 Å². The summed E-state index contributed by atoms with van der Waals surface area (Å²) in [4.78, 5) is 0. The van der Waals surface area contributed by atoms with E-state index >= 15 is 0 Å². The first-order chi connectivity index (χ1) is 9.50. The zero-order valence-corrected chi connectivity index (χ0v) is 10.2. The molecule has 0 fully saturated rings. The van der Waals surface area contributed by atoms with Crippen molar-refractivity contribution >= 4 is 0 Å². The number of hydrogen-bond donors (Lipinski definition) is 1. The highest BCUT2D eigenvalue weighted by Crippen LogP contribution is 2.59. The van der Waals surface area contributed by atoms with Crippen LogP contribution in [0.3, 0.4) is 0 Å². The van der Waals surface area contributed by atoms with Gasteiger partial charge in [-0.2, -0.15) is 53.4 Å². The Bertz CT molecular complexity index is 542. The monoisotopic (exact) mass is 350 g/mol. The Morgan fingerprint density at radius 2 is 1.23 bits per heavy atom. The molecule has 0 aliphatic carbocycles. The van der Waals surface area contributed by atoms with E-state index in [4.69, 9.17) is 0 Å². The summed E-state index contributed by atoms with van der Waals surface area (Å²) in [6.07, 6.45) is -7.17. The summed E-state index contributed by atoms with van der Waals surface area (Å²) in [6.45, 7) is 0.979. The van der Waals surface area contributed by atoms with E-state index in [-0.39, 0.29) is 11.8 Å². The summed E-state index contributed by atoms with van der Waals surface area (Å²) in [5.74, 6) is -28.0. The molecule has 0 atom stereocenters. The number of aromatic amines is 1. The van der Waals surface area contributed by atoms with Crippen molar-refractivity contribution in [1.82, 2.24) is 10.2 Å². The topological polar surface area (TPSA) is 28.7 Å². The lowest BCUT2D eigenvalue weighted by Gasteiger charge is -2.36. The quantitative estimate of drug-likeness (QED) is 0.807. The fourth-order valence-electron chi connectivity index (χ4n) is 1.31. The second-order valence-corrected chi connectivity index (χ2v) is 4.23. The van der Waals surface area contributed by atoms with Gasteiger partial charge in [-0.3, -0.25) is 5.10 Å². The second-order valence-electron chi connectivity index (χ2n) is 4.23. The molecule has 1 N–H and O–H groups in total. The molecule has 1 heterocycles. The molecule has 2 nitrogen and oxygen atoms in total. The first-order valence-corrected chi connectivity index (χ1v) is 5.10. The van der Waals surface area contributed by atoms with Crippen molar-refractivity contribution in [3.8, 4) is 0 Å². The minimum absolute atomic E-state index is 0.107. The number of H-pyrrole nitrogens is 1. The average Bonchev–Trinajstić information content (AvgIpc) is 2.74. The number of hydrogen-bond acceptors (Lipinski definition) is 1. The number of alkyl halides is 11. The predicted molar refractivity (Wildman–Crippen MR) is 48.1 cm³/mol. The molecule has 0 saturated carbocycles. The number of aromatic nitrogens is 2. The SMILES string of the molecule is Cc1cc(C(F)(F)C(F)(F)C(F)(F)C(F)(F)C(F)(F)F)n[nH]1. The van der Waals surface area contributed by atoms with E-state index in [9.17, 15) is 48.3 Å². The molecule has 0 unspecified atom stereocenters. The van der Waals surface area contributed by atoms with E-state index < -0.39 is 35.6 Å². The standard InChI is InChI=1S/C9H5F11N2/c1-3-2-4(22-21-3)5(10,11)6(12,13)7(14,15)8(16,17)9(18,19)20/h2H,1H3,(H,21,22). The number of aryl methyl sites for hydroxylation is 1. The second kappa shape index (κ2) is 4.72. The Labute approximate surface area is 114 Å². The number of nitrogens with zero attached hydrogens (tertiary/aromatic N) is 1. The first-order valence-electron chi connectivity index (χ1n) is 5.10. The number of nitrogens with one attached hydrogen (secondary N) is 1. The van der Waals surface area contributed by atoms with E-state index in [1.165, 1.54) is 0 Å². The fraction of sp³-hybridized carbons (Fsp3) is 0.667. The molecular weight excluding hydrogens is 345 g/mol. The smallest absolute Gasteiger partial charge is 0.282 e. The van der Waals surface area contributed by atoms with Crippen LogP contribution >= 0.6 is 0 Å². The molecule has 1 aromatic heterocycles. The maximum atomic E-state index is 13.3. The number of rotatable bonds is 4. The van der Waals surface area contributed by atoms with E-state index in [2.05, 4.69) is 5.10 Å². The molecule has 0 bridgehead atoms. The molecule has 0 radical (unpaired) electrons. The number of halogens is 11. The molecule has 0 aromatic carbocycles. The van der Waals surface area contributed by atoms with Crippen molar-refractivity contribution in [3.63, 3.8) is 0 Å². The van der Waals surface area contributed by atoms with Crippen molar-refractivity contribution in [1.29, 1.82) is 0 Å². The van der Waals surface area contributed by atoms with Gasteiger partial charge in [-0.05, 0) is 13.0 Å². The lowest BCUT2D eigenvalue weighted by molar-refractivity contribution is -0.425. The van der Waals surface area contributed by atoms with Gasteiger partial charge in [0, 0.05) is 5.69 Å². The van der Waals surface area contributed by atoms with Crippen LogP contribution in [0, 0.1) is 6.92 Å². The Kier molecular flexibility index (Phi) is 3.96.